The van der Waals surface area contributed by atoms with Crippen LogP contribution in [-0.4, -0.2) is 53.3 Å². The van der Waals surface area contributed by atoms with Crippen LogP contribution in [0.5, 0.6) is 0 Å². The first kappa shape index (κ1) is 13.8. The Bertz CT molecular complexity index is 298. The zero-order chi connectivity index (χ0) is 13.1. The molecule has 1 heterocycles. The summed E-state index contributed by atoms with van der Waals surface area (Å²) in [4.78, 5) is 24.9. The summed E-state index contributed by atoms with van der Waals surface area (Å²) >= 11 is 0. The van der Waals surface area contributed by atoms with Crippen molar-refractivity contribution >= 4 is 12.0 Å². The largest absolute Gasteiger partial charge is 0.444 e. The Morgan fingerprint density at radius 3 is 2.76 bits per heavy atom. The molecule has 6 heteroatoms. The van der Waals surface area contributed by atoms with Gasteiger partial charge in [-0.3, -0.25) is 9.69 Å². The average Bonchev–Trinajstić information content (AvgIpc) is 2.18. The van der Waals surface area contributed by atoms with Crippen LogP contribution < -0.4 is 5.32 Å². The van der Waals surface area contributed by atoms with Crippen LogP contribution in [0.4, 0.5) is 4.79 Å². The van der Waals surface area contributed by atoms with Gasteiger partial charge >= 0.3 is 6.09 Å². The summed E-state index contributed by atoms with van der Waals surface area (Å²) in [5, 5.41) is 11.6. The molecule has 1 fully saturated rings. The molecule has 1 atom stereocenters. The third-order valence-electron chi connectivity index (χ3n) is 2.36. The Morgan fingerprint density at radius 1 is 1.59 bits per heavy atom. The lowest BCUT2D eigenvalue weighted by Crippen LogP contribution is -2.58. The standard InChI is InChI=1S/C11H20N2O4/c1-11(2,3)17-10(16)13-6-5-12-9(15)8(13)4-7-14/h8,14H,4-7H2,1-3H3,(H,12,15). The summed E-state index contributed by atoms with van der Waals surface area (Å²) in [6.07, 6.45) is -0.281. The molecule has 2 N–H and O–H groups in total. The molecule has 98 valence electrons. The summed E-state index contributed by atoms with van der Waals surface area (Å²) in [6, 6.07) is -0.636. The highest BCUT2D eigenvalue weighted by molar-refractivity contribution is 5.86. The molecule has 1 aliphatic rings. The minimum atomic E-state index is -0.636. The van der Waals surface area contributed by atoms with Crippen molar-refractivity contribution in [3.05, 3.63) is 0 Å². The van der Waals surface area contributed by atoms with Gasteiger partial charge < -0.3 is 15.2 Å². The fraction of sp³-hybridized carbons (Fsp3) is 0.818. The number of aliphatic hydroxyl groups is 1. The smallest absolute Gasteiger partial charge is 0.411 e. The van der Waals surface area contributed by atoms with E-state index in [4.69, 9.17) is 9.84 Å². The molecule has 0 saturated carbocycles. The molecule has 0 bridgehead atoms. The van der Waals surface area contributed by atoms with Gasteiger partial charge in [0.2, 0.25) is 5.91 Å². The van der Waals surface area contributed by atoms with Crippen LogP contribution in [0.2, 0.25) is 0 Å². The quantitative estimate of drug-likeness (QED) is 0.722. The first-order valence-electron chi connectivity index (χ1n) is 5.73. The first-order chi connectivity index (χ1) is 7.85. The van der Waals surface area contributed by atoms with E-state index in [9.17, 15) is 9.59 Å². The lowest BCUT2D eigenvalue weighted by atomic mass is 10.1. The molecular formula is C11H20N2O4. The third kappa shape index (κ3) is 3.89. The van der Waals surface area contributed by atoms with E-state index in [0.29, 0.717) is 13.1 Å². The van der Waals surface area contributed by atoms with Crippen molar-refractivity contribution in [2.24, 2.45) is 0 Å². The predicted octanol–water partition coefficient (Wildman–Crippen LogP) is 0.104. The molecule has 2 amide bonds. The highest BCUT2D eigenvalue weighted by Gasteiger charge is 2.34. The maximum absolute atomic E-state index is 11.9. The molecule has 1 saturated heterocycles. The maximum atomic E-state index is 11.9. The van der Waals surface area contributed by atoms with E-state index in [0.717, 1.165) is 0 Å². The topological polar surface area (TPSA) is 78.9 Å². The number of hydrogen-bond donors (Lipinski definition) is 2. The van der Waals surface area contributed by atoms with E-state index in [1.807, 2.05) is 0 Å². The summed E-state index contributed by atoms with van der Waals surface area (Å²) in [5.41, 5.74) is -0.589. The third-order valence-corrected chi connectivity index (χ3v) is 2.36. The molecular weight excluding hydrogens is 224 g/mol. The van der Waals surface area contributed by atoms with Gasteiger partial charge in [-0.15, -0.1) is 0 Å². The van der Waals surface area contributed by atoms with Crippen LogP contribution in [0, 0.1) is 0 Å². The zero-order valence-electron chi connectivity index (χ0n) is 10.5. The number of hydrogen-bond acceptors (Lipinski definition) is 4. The normalized spacial score (nSPS) is 21.1. The van der Waals surface area contributed by atoms with Crippen molar-refractivity contribution in [3.8, 4) is 0 Å². The van der Waals surface area contributed by atoms with E-state index in [2.05, 4.69) is 5.32 Å². The summed E-state index contributed by atoms with van der Waals surface area (Å²) < 4.78 is 5.23. The Labute approximate surface area is 101 Å². The Morgan fingerprint density at radius 2 is 2.24 bits per heavy atom. The van der Waals surface area contributed by atoms with Gasteiger partial charge in [-0.25, -0.2) is 4.79 Å². The summed E-state index contributed by atoms with van der Waals surface area (Å²) in [7, 11) is 0. The molecule has 17 heavy (non-hydrogen) atoms. The van der Waals surface area contributed by atoms with Crippen LogP contribution in [0.15, 0.2) is 0 Å². The lowest BCUT2D eigenvalue weighted by molar-refractivity contribution is -0.129. The van der Waals surface area contributed by atoms with Gasteiger partial charge in [0.15, 0.2) is 0 Å². The second-order valence-corrected chi connectivity index (χ2v) is 4.99. The second kappa shape index (κ2) is 5.35. The van der Waals surface area contributed by atoms with E-state index in [1.54, 1.807) is 20.8 Å². The Kier molecular flexibility index (Phi) is 4.34. The molecule has 0 spiro atoms. The number of nitrogens with one attached hydrogen (secondary N) is 1. The zero-order valence-corrected chi connectivity index (χ0v) is 10.5. The van der Waals surface area contributed by atoms with Gasteiger partial charge in [0.05, 0.1) is 0 Å². The van der Waals surface area contributed by atoms with Gasteiger partial charge in [-0.05, 0) is 20.8 Å². The molecule has 0 aromatic carbocycles. The van der Waals surface area contributed by atoms with Crippen LogP contribution in [0.25, 0.3) is 0 Å². The highest BCUT2D eigenvalue weighted by Crippen LogP contribution is 2.15. The van der Waals surface area contributed by atoms with Crippen molar-refractivity contribution in [1.29, 1.82) is 0 Å². The van der Waals surface area contributed by atoms with Gasteiger partial charge in [0.1, 0.15) is 11.6 Å². The molecule has 1 rings (SSSR count). The minimum Gasteiger partial charge on any atom is -0.444 e. The molecule has 6 nitrogen and oxygen atoms in total. The average molecular weight is 244 g/mol. The Hall–Kier alpha value is -1.30. The molecule has 1 unspecified atom stereocenters. The van der Waals surface area contributed by atoms with Gasteiger partial charge in [-0.1, -0.05) is 0 Å². The number of piperazine rings is 1. The summed E-state index contributed by atoms with van der Waals surface area (Å²) in [6.45, 7) is 6.00. The molecule has 1 aliphatic heterocycles. The lowest BCUT2D eigenvalue weighted by Gasteiger charge is -2.35. The van der Waals surface area contributed by atoms with E-state index < -0.39 is 17.7 Å². The number of carbonyl (C=O) groups is 2. The number of carbonyl (C=O) groups excluding carboxylic acids is 2. The van der Waals surface area contributed by atoms with E-state index in [-0.39, 0.29) is 18.9 Å². The summed E-state index contributed by atoms with van der Waals surface area (Å²) in [5.74, 6) is -0.240. The highest BCUT2D eigenvalue weighted by atomic mass is 16.6. The van der Waals surface area contributed by atoms with Crippen LogP contribution in [0.3, 0.4) is 0 Å². The molecule has 0 aromatic heterocycles. The number of aliphatic hydroxyl groups excluding tert-OH is 1. The van der Waals surface area contributed by atoms with Crippen LogP contribution in [0.1, 0.15) is 27.2 Å². The number of amides is 2. The van der Waals surface area contributed by atoms with Crippen LogP contribution in [-0.2, 0) is 9.53 Å². The first-order valence-corrected chi connectivity index (χ1v) is 5.73. The number of rotatable bonds is 2. The second-order valence-electron chi connectivity index (χ2n) is 4.99. The van der Waals surface area contributed by atoms with Gasteiger partial charge in [-0.2, -0.15) is 0 Å². The van der Waals surface area contributed by atoms with Crippen molar-refractivity contribution < 1.29 is 19.4 Å². The maximum Gasteiger partial charge on any atom is 0.411 e. The molecule has 0 aromatic rings. The SMILES string of the molecule is CC(C)(C)OC(=O)N1CCNC(=O)C1CCO. The predicted molar refractivity (Wildman–Crippen MR) is 61.4 cm³/mol. The molecule has 0 aliphatic carbocycles. The fourth-order valence-electron chi connectivity index (χ4n) is 1.66. The number of nitrogens with zero attached hydrogens (tertiary/aromatic N) is 1. The Balaban J connectivity index is 2.71. The monoisotopic (exact) mass is 244 g/mol. The van der Waals surface area contributed by atoms with Crippen LogP contribution >= 0.6 is 0 Å². The van der Waals surface area contributed by atoms with Crippen molar-refractivity contribution in [2.45, 2.75) is 38.8 Å². The van der Waals surface area contributed by atoms with Crippen molar-refractivity contribution in [2.75, 3.05) is 19.7 Å². The fourth-order valence-corrected chi connectivity index (χ4v) is 1.66. The molecule has 0 radical (unpaired) electrons. The number of ether oxygens (including phenoxy) is 1. The van der Waals surface area contributed by atoms with E-state index in [1.165, 1.54) is 4.90 Å². The van der Waals surface area contributed by atoms with Crippen molar-refractivity contribution in [3.63, 3.8) is 0 Å². The van der Waals surface area contributed by atoms with E-state index >= 15 is 0 Å². The van der Waals surface area contributed by atoms with Crippen molar-refractivity contribution in [1.82, 2.24) is 10.2 Å². The minimum absolute atomic E-state index is 0.141. The van der Waals surface area contributed by atoms with Gasteiger partial charge in [0, 0.05) is 26.1 Å². The van der Waals surface area contributed by atoms with Gasteiger partial charge in [0.25, 0.3) is 0 Å².